The van der Waals surface area contributed by atoms with Gasteiger partial charge in [-0.05, 0) is 24.3 Å². The Morgan fingerprint density at radius 3 is 2.38 bits per heavy atom. The quantitative estimate of drug-likeness (QED) is 0.938. The molecule has 0 radical (unpaired) electrons. The molecule has 2 aromatic rings. The number of alkyl halides is 3. The number of aliphatic hydroxyl groups is 1. The molecule has 3 nitrogen and oxygen atoms in total. The van der Waals surface area contributed by atoms with E-state index in [-0.39, 0.29) is 6.61 Å². The highest BCUT2D eigenvalue weighted by Crippen LogP contribution is 2.35. The highest BCUT2D eigenvalue weighted by atomic mass is 19.4. The lowest BCUT2D eigenvalue weighted by Gasteiger charge is -2.07. The topological polar surface area (TPSA) is 38.1 Å². The fourth-order valence-electron chi connectivity index (χ4n) is 2.26. The predicted octanol–water partition coefficient (Wildman–Crippen LogP) is 3.47. The number of halogens is 3. The predicted molar refractivity (Wildman–Crippen MR) is 71.3 cm³/mol. The Morgan fingerprint density at radius 1 is 1.19 bits per heavy atom. The number of imidazole rings is 1. The van der Waals surface area contributed by atoms with Gasteiger partial charge in [-0.2, -0.15) is 13.2 Å². The van der Waals surface area contributed by atoms with Gasteiger partial charge in [-0.15, -0.1) is 0 Å². The number of nitrogens with zero attached hydrogens (tertiary/aromatic N) is 2. The van der Waals surface area contributed by atoms with Crippen molar-refractivity contribution in [1.82, 2.24) is 9.55 Å². The lowest BCUT2D eigenvalue weighted by molar-refractivity contribution is -0.140. The van der Waals surface area contributed by atoms with Crippen LogP contribution in [-0.4, -0.2) is 14.7 Å². The van der Waals surface area contributed by atoms with Crippen LogP contribution < -0.4 is 0 Å². The van der Waals surface area contributed by atoms with Crippen LogP contribution in [0, 0.1) is 5.92 Å². The summed E-state index contributed by atoms with van der Waals surface area (Å²) in [6.45, 7) is 0.477. The van der Waals surface area contributed by atoms with Crippen molar-refractivity contribution < 1.29 is 18.3 Å². The molecule has 0 unspecified atom stereocenters. The van der Waals surface area contributed by atoms with Gasteiger partial charge in [-0.1, -0.05) is 24.3 Å². The maximum absolute atomic E-state index is 12.9. The molecule has 0 saturated heterocycles. The van der Waals surface area contributed by atoms with Gasteiger partial charge in [0.25, 0.3) is 0 Å². The van der Waals surface area contributed by atoms with Crippen molar-refractivity contribution in [3.63, 3.8) is 0 Å². The molecule has 0 aliphatic heterocycles. The molecule has 0 atom stereocenters. The van der Waals surface area contributed by atoms with E-state index in [2.05, 4.69) is 4.98 Å². The largest absolute Gasteiger partial charge is 0.434 e. The lowest BCUT2D eigenvalue weighted by atomic mass is 10.1. The zero-order valence-electron chi connectivity index (χ0n) is 11.3. The third-order valence-corrected chi connectivity index (χ3v) is 3.61. The molecule has 0 bridgehead atoms. The Morgan fingerprint density at radius 2 is 1.86 bits per heavy atom. The van der Waals surface area contributed by atoms with Crippen LogP contribution in [0.25, 0.3) is 11.4 Å². The van der Waals surface area contributed by atoms with E-state index in [1.54, 1.807) is 28.8 Å². The maximum Gasteiger partial charge on any atom is 0.434 e. The molecule has 1 fully saturated rings. The first-order valence-corrected chi connectivity index (χ1v) is 6.82. The summed E-state index contributed by atoms with van der Waals surface area (Å²) in [5.74, 6) is 0.787. The average Bonchev–Trinajstić information content (AvgIpc) is 3.15. The molecule has 1 aromatic carbocycles. The molecular formula is C15H15F3N2O. The zero-order chi connectivity index (χ0) is 15.0. The van der Waals surface area contributed by atoms with E-state index in [9.17, 15) is 13.2 Å². The number of hydrogen-bond donors (Lipinski definition) is 1. The first kappa shape index (κ1) is 14.1. The molecule has 1 aliphatic rings. The third-order valence-electron chi connectivity index (χ3n) is 3.61. The van der Waals surface area contributed by atoms with Crippen LogP contribution >= 0.6 is 0 Å². The lowest BCUT2D eigenvalue weighted by Crippen LogP contribution is -2.05. The second-order valence-electron chi connectivity index (χ2n) is 5.40. The Kier molecular flexibility index (Phi) is 3.49. The number of benzene rings is 1. The summed E-state index contributed by atoms with van der Waals surface area (Å²) in [6.07, 6.45) is -1.23. The number of aromatic nitrogens is 2. The number of aliphatic hydroxyl groups excluding tert-OH is 1. The van der Waals surface area contributed by atoms with Crippen molar-refractivity contribution in [3.05, 3.63) is 41.7 Å². The van der Waals surface area contributed by atoms with E-state index in [1.165, 1.54) is 0 Å². The van der Waals surface area contributed by atoms with Crippen molar-refractivity contribution in [2.75, 3.05) is 0 Å². The molecule has 3 rings (SSSR count). The highest BCUT2D eigenvalue weighted by molar-refractivity contribution is 5.56. The molecule has 112 valence electrons. The molecule has 1 aliphatic carbocycles. The van der Waals surface area contributed by atoms with Gasteiger partial charge in [0.1, 0.15) is 5.82 Å². The van der Waals surface area contributed by atoms with Crippen LogP contribution in [-0.2, 0) is 19.3 Å². The third kappa shape index (κ3) is 3.10. The van der Waals surface area contributed by atoms with Crippen LogP contribution in [0.1, 0.15) is 24.1 Å². The Bertz CT molecular complexity index is 627. The Labute approximate surface area is 120 Å². The van der Waals surface area contributed by atoms with E-state index in [1.807, 2.05) is 0 Å². The maximum atomic E-state index is 12.9. The molecular weight excluding hydrogens is 281 g/mol. The number of rotatable bonds is 4. The average molecular weight is 296 g/mol. The van der Waals surface area contributed by atoms with Crippen LogP contribution in [0.15, 0.2) is 30.5 Å². The summed E-state index contributed by atoms with van der Waals surface area (Å²) in [4.78, 5) is 3.76. The molecule has 21 heavy (non-hydrogen) atoms. The molecule has 1 heterocycles. The minimum absolute atomic E-state index is 0.0927. The summed E-state index contributed by atoms with van der Waals surface area (Å²) < 4.78 is 40.2. The van der Waals surface area contributed by atoms with Crippen molar-refractivity contribution in [3.8, 4) is 11.4 Å². The van der Waals surface area contributed by atoms with Crippen LogP contribution in [0.5, 0.6) is 0 Å². The van der Waals surface area contributed by atoms with Crippen LogP contribution in [0.2, 0.25) is 0 Å². The fraction of sp³-hybridized carbons (Fsp3) is 0.400. The monoisotopic (exact) mass is 296 g/mol. The minimum Gasteiger partial charge on any atom is -0.392 e. The summed E-state index contributed by atoms with van der Waals surface area (Å²) in [5.41, 5.74) is 0.489. The molecule has 0 amide bonds. The van der Waals surface area contributed by atoms with Gasteiger partial charge in [0.2, 0.25) is 0 Å². The Balaban J connectivity index is 1.99. The van der Waals surface area contributed by atoms with E-state index in [4.69, 9.17) is 5.11 Å². The normalized spacial score (nSPS) is 15.4. The molecule has 1 N–H and O–H groups in total. The van der Waals surface area contributed by atoms with Gasteiger partial charge in [-0.3, -0.25) is 0 Å². The first-order valence-electron chi connectivity index (χ1n) is 6.82. The van der Waals surface area contributed by atoms with Gasteiger partial charge in [0.15, 0.2) is 5.69 Å². The van der Waals surface area contributed by atoms with E-state index in [0.29, 0.717) is 23.9 Å². The summed E-state index contributed by atoms with van der Waals surface area (Å²) in [7, 11) is 0. The van der Waals surface area contributed by atoms with E-state index in [0.717, 1.165) is 24.6 Å². The van der Waals surface area contributed by atoms with Gasteiger partial charge in [-0.25, -0.2) is 4.98 Å². The zero-order valence-corrected chi connectivity index (χ0v) is 11.3. The molecule has 1 saturated carbocycles. The van der Waals surface area contributed by atoms with Gasteiger partial charge in [0, 0.05) is 18.3 Å². The van der Waals surface area contributed by atoms with Gasteiger partial charge < -0.3 is 9.67 Å². The van der Waals surface area contributed by atoms with Crippen molar-refractivity contribution in [2.45, 2.75) is 32.2 Å². The van der Waals surface area contributed by atoms with Crippen molar-refractivity contribution >= 4 is 0 Å². The fourth-order valence-corrected chi connectivity index (χ4v) is 2.26. The molecule has 1 aromatic heterocycles. The highest BCUT2D eigenvalue weighted by Gasteiger charge is 2.35. The Hall–Kier alpha value is -1.82. The van der Waals surface area contributed by atoms with Crippen LogP contribution in [0.4, 0.5) is 13.2 Å². The SMILES string of the molecule is OCc1ccc(-c2nc(C(F)(F)F)cn2CC2CC2)cc1. The summed E-state index contributed by atoms with van der Waals surface area (Å²) >= 11 is 0. The van der Waals surface area contributed by atoms with Crippen molar-refractivity contribution in [2.24, 2.45) is 5.92 Å². The molecule has 6 heteroatoms. The van der Waals surface area contributed by atoms with E-state index >= 15 is 0 Å². The standard InChI is InChI=1S/C15H15F3N2O/c16-15(17,18)13-8-20(7-10-1-2-10)14(19-13)12-5-3-11(9-21)4-6-12/h3-6,8,10,21H,1-2,7,9H2. The van der Waals surface area contributed by atoms with Crippen molar-refractivity contribution in [1.29, 1.82) is 0 Å². The molecule has 0 spiro atoms. The van der Waals surface area contributed by atoms with Crippen LogP contribution in [0.3, 0.4) is 0 Å². The first-order chi connectivity index (χ1) is 9.97. The van der Waals surface area contributed by atoms with E-state index < -0.39 is 11.9 Å². The second-order valence-corrected chi connectivity index (χ2v) is 5.40. The second kappa shape index (κ2) is 5.18. The summed E-state index contributed by atoms with van der Waals surface area (Å²) in [6, 6.07) is 6.77. The minimum atomic E-state index is -4.44. The number of hydrogen-bond acceptors (Lipinski definition) is 2. The van der Waals surface area contributed by atoms with Gasteiger partial charge in [0.05, 0.1) is 6.61 Å². The van der Waals surface area contributed by atoms with Gasteiger partial charge >= 0.3 is 6.18 Å². The summed E-state index contributed by atoms with van der Waals surface area (Å²) in [5, 5.41) is 9.02. The smallest absolute Gasteiger partial charge is 0.392 e.